The Balaban J connectivity index is 0.000000182. The number of fused-ring (bicyclic) bond motifs is 4. The van der Waals surface area contributed by atoms with E-state index in [0.717, 1.165) is 33.6 Å². The second kappa shape index (κ2) is 26.9. The van der Waals surface area contributed by atoms with E-state index < -0.39 is 43.0 Å². The summed E-state index contributed by atoms with van der Waals surface area (Å²) in [6.07, 6.45) is 7.44. The molecule has 494 valence electrons. The highest BCUT2D eigenvalue weighted by Crippen LogP contribution is 2.51. The number of nitrogens with zero attached hydrogens (tertiary/aromatic N) is 9. The first-order valence-electron chi connectivity index (χ1n) is 31.3. The summed E-state index contributed by atoms with van der Waals surface area (Å²) in [7, 11) is -7.72. The third-order valence-corrected chi connectivity index (χ3v) is 23.7. The van der Waals surface area contributed by atoms with Gasteiger partial charge in [-0.2, -0.15) is 0 Å². The van der Waals surface area contributed by atoms with Crippen molar-refractivity contribution >= 4 is 99.7 Å². The Bertz CT molecular complexity index is 4360. The van der Waals surface area contributed by atoms with Gasteiger partial charge in [0.1, 0.15) is 36.9 Å². The number of anilines is 6. The minimum atomic E-state index is -3.91. The highest BCUT2D eigenvalue weighted by Gasteiger charge is 2.52. The number of aromatic nitrogens is 2. The van der Waals surface area contributed by atoms with Crippen LogP contribution in [0, 0.1) is 11.6 Å². The monoisotopic (exact) mass is 1360 g/mol. The zero-order valence-electron chi connectivity index (χ0n) is 51.6. The molecule has 6 aromatic carbocycles. The molecule has 2 spiro atoms. The van der Waals surface area contributed by atoms with Crippen molar-refractivity contribution < 1.29 is 55.7 Å². The smallest absolute Gasteiger partial charge is 0.410 e. The molecule has 6 aliphatic heterocycles. The molecular weight excluding hydrogens is 1300 g/mol. The van der Waals surface area contributed by atoms with E-state index in [1.807, 2.05) is 60.7 Å². The molecule has 14 rings (SSSR count). The average Bonchev–Trinajstić information content (AvgIpc) is 1.58. The molecule has 26 heteroatoms. The van der Waals surface area contributed by atoms with E-state index in [1.165, 1.54) is 75.6 Å². The molecule has 1 N–H and O–H groups in total. The molecular formula is C69H70F2N10O10S4. The van der Waals surface area contributed by atoms with Crippen molar-refractivity contribution in [2.75, 3.05) is 87.5 Å². The van der Waals surface area contributed by atoms with Crippen LogP contribution in [0.1, 0.15) is 62.2 Å². The van der Waals surface area contributed by atoms with Crippen LogP contribution in [-0.2, 0) is 63.2 Å². The van der Waals surface area contributed by atoms with E-state index in [4.69, 9.17) is 9.47 Å². The fraction of sp³-hybridized carbons (Fsp3) is 0.304. The molecule has 0 aliphatic carbocycles. The van der Waals surface area contributed by atoms with Gasteiger partial charge in [-0.15, -0.1) is 29.3 Å². The lowest BCUT2D eigenvalue weighted by molar-refractivity contribution is -0.119. The fourth-order valence-corrected chi connectivity index (χ4v) is 18.0. The predicted octanol–water partition coefficient (Wildman–Crippen LogP) is 11.6. The molecule has 4 fully saturated rings. The summed E-state index contributed by atoms with van der Waals surface area (Å²) >= 11 is 2.41. The number of benzene rings is 6. The number of rotatable bonds is 16. The Kier molecular flexibility index (Phi) is 18.2. The zero-order chi connectivity index (χ0) is 66.1. The highest BCUT2D eigenvalue weighted by atomic mass is 32.2. The first-order valence-corrected chi connectivity index (χ1v) is 35.9. The molecule has 2 atom stereocenters. The van der Waals surface area contributed by atoms with Crippen molar-refractivity contribution in [3.63, 3.8) is 0 Å². The Hall–Kier alpha value is -9.24. The van der Waals surface area contributed by atoms with Gasteiger partial charge in [0, 0.05) is 111 Å². The lowest BCUT2D eigenvalue weighted by Gasteiger charge is -2.40. The van der Waals surface area contributed by atoms with Gasteiger partial charge in [-0.3, -0.25) is 14.3 Å². The van der Waals surface area contributed by atoms with Crippen molar-refractivity contribution in [2.24, 2.45) is 0 Å². The predicted molar refractivity (Wildman–Crippen MR) is 362 cm³/mol. The number of thiazole rings is 2. The van der Waals surface area contributed by atoms with Crippen LogP contribution >= 0.6 is 22.7 Å². The largest absolute Gasteiger partial charge is 0.445 e. The van der Waals surface area contributed by atoms with Gasteiger partial charge in [0.25, 0.3) is 20.0 Å². The van der Waals surface area contributed by atoms with Crippen molar-refractivity contribution in [3.8, 4) is 0 Å². The highest BCUT2D eigenvalue weighted by molar-refractivity contribution is 7.93. The third-order valence-electron chi connectivity index (χ3n) is 18.9. The summed E-state index contributed by atoms with van der Waals surface area (Å²) in [5.41, 5.74) is 5.66. The number of piperidine rings is 2. The van der Waals surface area contributed by atoms with Gasteiger partial charge in [0.05, 0.1) is 16.3 Å². The number of hydrogen-bond donors (Lipinski definition) is 1. The van der Waals surface area contributed by atoms with Crippen LogP contribution in [0.4, 0.5) is 51.4 Å². The van der Waals surface area contributed by atoms with Gasteiger partial charge in [-0.25, -0.2) is 49.5 Å². The maximum absolute atomic E-state index is 14.7. The number of carbonyl (C=O) groups is 4. The Morgan fingerprint density at radius 2 is 1.06 bits per heavy atom. The molecule has 0 radical (unpaired) electrons. The molecule has 4 saturated heterocycles. The summed E-state index contributed by atoms with van der Waals surface area (Å²) in [5.74, 6) is -0.851. The van der Waals surface area contributed by atoms with E-state index in [1.54, 1.807) is 85.1 Å². The Morgan fingerprint density at radius 1 is 0.611 bits per heavy atom. The number of carbonyl (C=O) groups excluding carboxylic acids is 4. The molecule has 0 saturated carbocycles. The molecule has 8 heterocycles. The Morgan fingerprint density at radius 3 is 1.49 bits per heavy atom. The van der Waals surface area contributed by atoms with E-state index in [9.17, 15) is 44.8 Å². The maximum Gasteiger partial charge on any atom is 0.410 e. The van der Waals surface area contributed by atoms with E-state index in [0.29, 0.717) is 107 Å². The standard InChI is InChI=1S/C36H36FN5O5S2.C33H32FN5O5S2.H2/c1-2-18-42(34-38-17-22-48-34)49(45,46)29-11-9-28(10-12-29)40-19-14-32(33(40)43)41-25-36(30-23-27(37)8-13-31(30)41)15-20-39(21-16-36)35(44)47-24-26-6-4-3-5-7-26;34-24-6-11-28-27(20-24)33(13-17-37(18-14-33)32(41)44-21-23-4-2-1-3-5-23)22-39(28)29-12-16-38(30(29)40)25-7-9-26(10-8-25)46(42,43)36-31-35-15-19-45-31;/h2-13,17,22-23,32H,1,14-16,18-21,24-25H2;1-11,15,19-20,29H,12-14,16-18,21-22H2,(H,35,36);1H/t32-;29-;/m00./s1. The molecule has 0 bridgehead atoms. The molecule has 8 aromatic rings. The van der Waals surface area contributed by atoms with Gasteiger partial charge in [0.15, 0.2) is 10.3 Å². The third kappa shape index (κ3) is 13.1. The zero-order valence-corrected chi connectivity index (χ0v) is 54.9. The summed E-state index contributed by atoms with van der Waals surface area (Å²) < 4.78 is 96.6. The maximum atomic E-state index is 14.7. The number of hydrogen-bond acceptors (Lipinski definition) is 16. The number of likely N-dealkylation sites (tertiary alicyclic amines) is 2. The van der Waals surface area contributed by atoms with Crippen LogP contribution in [0.25, 0.3) is 0 Å². The van der Waals surface area contributed by atoms with E-state index in [-0.39, 0.29) is 71.7 Å². The molecule has 0 unspecified atom stereocenters. The summed E-state index contributed by atoms with van der Waals surface area (Å²) in [5, 5.41) is 4.02. The van der Waals surface area contributed by atoms with Gasteiger partial charge in [0.2, 0.25) is 11.8 Å². The van der Waals surface area contributed by atoms with Crippen LogP contribution < -0.4 is 28.6 Å². The van der Waals surface area contributed by atoms with Crippen LogP contribution in [0.2, 0.25) is 0 Å². The summed E-state index contributed by atoms with van der Waals surface area (Å²) in [6, 6.07) is 40.2. The fourth-order valence-electron chi connectivity index (χ4n) is 14.0. The average molecular weight is 1370 g/mol. The summed E-state index contributed by atoms with van der Waals surface area (Å²) in [6.45, 7) is 8.02. The van der Waals surface area contributed by atoms with Crippen molar-refractivity contribution in [3.05, 3.63) is 215 Å². The topological polar surface area (TPSA) is 216 Å². The molecule has 2 aromatic heterocycles. The van der Waals surface area contributed by atoms with Crippen molar-refractivity contribution in [1.82, 2.24) is 19.8 Å². The minimum Gasteiger partial charge on any atom is -0.445 e. The van der Waals surface area contributed by atoms with Gasteiger partial charge in [-0.05, 0) is 146 Å². The number of ether oxygens (including phenoxy) is 2. The second-order valence-electron chi connectivity index (χ2n) is 24.4. The lowest BCUT2D eigenvalue weighted by atomic mass is 9.74. The van der Waals surface area contributed by atoms with Gasteiger partial charge < -0.3 is 38.9 Å². The number of amides is 4. The van der Waals surface area contributed by atoms with Gasteiger partial charge in [-0.1, -0.05) is 66.7 Å². The van der Waals surface area contributed by atoms with Crippen LogP contribution in [-0.4, -0.2) is 132 Å². The minimum absolute atomic E-state index is 0. The first-order chi connectivity index (χ1) is 45.9. The van der Waals surface area contributed by atoms with Crippen LogP contribution in [0.3, 0.4) is 0 Å². The number of sulfonamides is 2. The van der Waals surface area contributed by atoms with Gasteiger partial charge >= 0.3 is 12.2 Å². The van der Waals surface area contributed by atoms with Crippen LogP contribution in [0.15, 0.2) is 191 Å². The molecule has 95 heavy (non-hydrogen) atoms. The normalized spacial score (nSPS) is 18.8. The summed E-state index contributed by atoms with van der Waals surface area (Å²) in [4.78, 5) is 72.9. The lowest BCUT2D eigenvalue weighted by Crippen LogP contribution is -2.49. The molecule has 6 aliphatic rings. The number of nitrogens with one attached hydrogen (secondary N) is 1. The number of halogens is 2. The van der Waals surface area contributed by atoms with Crippen molar-refractivity contribution in [1.29, 1.82) is 0 Å². The van der Waals surface area contributed by atoms with E-state index in [2.05, 4.69) is 31.1 Å². The van der Waals surface area contributed by atoms with E-state index >= 15 is 0 Å². The second-order valence-corrected chi connectivity index (χ2v) is 29.7. The SMILES string of the molecule is C=CCN(c1nccs1)S(=O)(=O)c1ccc(N2CC[C@H](N3CC4(CCN(C(=O)OCc5ccccc5)CC4)c4cc(F)ccc43)C2=O)cc1.O=C(OCc1ccccc1)N1CCC2(CC1)CN([C@H]1CCN(c3ccc(S(=O)(=O)Nc4nccs4)cc3)C1=O)c1ccc(F)cc12.[HH]. The molecule has 20 nitrogen and oxygen atoms in total. The molecule has 4 amide bonds. The quantitative estimate of drug-likeness (QED) is 0.0891. The Labute approximate surface area is 559 Å². The van der Waals surface area contributed by atoms with Crippen molar-refractivity contribution in [2.45, 2.75) is 84.4 Å². The first kappa shape index (κ1) is 64.5. The van der Waals surface area contributed by atoms with Crippen LogP contribution in [0.5, 0.6) is 0 Å².